The number of methoxy groups -OCH3 is 2. The maximum absolute atomic E-state index is 15.2. The van der Waals surface area contributed by atoms with Gasteiger partial charge in [0, 0.05) is 24.1 Å². The third-order valence-electron chi connectivity index (χ3n) is 10.8. The van der Waals surface area contributed by atoms with Crippen LogP contribution in [0.5, 0.6) is 11.5 Å². The Labute approximate surface area is 367 Å². The van der Waals surface area contributed by atoms with Crippen LogP contribution in [-0.2, 0) is 28.7 Å². The second-order valence-corrected chi connectivity index (χ2v) is 17.3. The Bertz CT molecular complexity index is 2480. The van der Waals surface area contributed by atoms with E-state index in [0.29, 0.717) is 28.2 Å². The van der Waals surface area contributed by atoms with Gasteiger partial charge in [-0.3, -0.25) is 18.4 Å². The standard InChI is InChI=1S/C47H52N7O8P/c1-32(2)54(33(3)4)63(56,60-27-13-26-48)62-40-28-42(53-31-51-43-44(49-30-50-45(43)53)52-46(55)34-14-9-7-10-15-34)61-41(40)29-59-47(35-16-11-8-12-17-35,36-18-22-38(57-5)23-19-36)37-20-24-39(58-6)25-21-37/h7-12,14-25,30-33,40-42H,13,27-29H2,1-6H3,(H,49,50,52,55)/t40-,41+,42+,63?/m0/s1. The van der Waals surface area contributed by atoms with Crippen molar-refractivity contribution < 1.29 is 37.4 Å². The molecule has 0 radical (unpaired) electrons. The van der Waals surface area contributed by atoms with Gasteiger partial charge in [-0.15, -0.1) is 0 Å². The summed E-state index contributed by atoms with van der Waals surface area (Å²) in [6, 6.07) is 35.7. The number of nitrogens with zero attached hydrogens (tertiary/aromatic N) is 6. The molecule has 4 aromatic carbocycles. The van der Waals surface area contributed by atoms with Crippen molar-refractivity contribution >= 4 is 30.6 Å². The number of fused-ring (bicyclic) bond motifs is 1. The van der Waals surface area contributed by atoms with Gasteiger partial charge >= 0.3 is 7.75 Å². The summed E-state index contributed by atoms with van der Waals surface area (Å²) in [4.78, 5) is 26.7. The maximum atomic E-state index is 15.2. The number of carbonyl (C=O) groups excluding carboxylic acids is 1. The predicted octanol–water partition coefficient (Wildman–Crippen LogP) is 8.93. The Morgan fingerprint density at radius 1 is 0.873 bits per heavy atom. The Hall–Kier alpha value is -5.98. The van der Waals surface area contributed by atoms with E-state index in [4.69, 9.17) is 28.0 Å². The Kier molecular flexibility index (Phi) is 14.3. The van der Waals surface area contributed by atoms with Gasteiger partial charge in [-0.05, 0) is 80.8 Å². The van der Waals surface area contributed by atoms with Crippen LogP contribution in [-0.4, -0.2) is 81.8 Å². The topological polar surface area (TPSA) is 172 Å². The summed E-state index contributed by atoms with van der Waals surface area (Å²) in [6.07, 6.45) is 0.634. The number of nitriles is 1. The Balaban J connectivity index is 1.31. The molecule has 4 atom stereocenters. The minimum atomic E-state index is -4.10. The molecule has 15 nitrogen and oxygen atoms in total. The fourth-order valence-corrected chi connectivity index (χ4v) is 10.3. The molecule has 328 valence electrons. The van der Waals surface area contributed by atoms with E-state index in [2.05, 4.69) is 26.3 Å². The third-order valence-corrected chi connectivity index (χ3v) is 13.4. The van der Waals surface area contributed by atoms with E-state index >= 15 is 4.57 Å². The van der Waals surface area contributed by atoms with Gasteiger partial charge < -0.3 is 24.3 Å². The molecule has 1 aliphatic heterocycles. The molecule has 3 heterocycles. The van der Waals surface area contributed by atoms with Crippen molar-refractivity contribution in [3.63, 3.8) is 0 Å². The zero-order valence-electron chi connectivity index (χ0n) is 36.2. The zero-order valence-corrected chi connectivity index (χ0v) is 37.1. The normalized spacial score (nSPS) is 17.5. The van der Waals surface area contributed by atoms with E-state index in [1.807, 2.05) is 113 Å². The molecule has 0 bridgehead atoms. The summed E-state index contributed by atoms with van der Waals surface area (Å²) in [6.45, 7) is 7.51. The molecule has 7 rings (SSSR count). The van der Waals surface area contributed by atoms with Crippen molar-refractivity contribution in [1.29, 1.82) is 5.26 Å². The number of rotatable bonds is 19. The molecule has 1 saturated heterocycles. The van der Waals surface area contributed by atoms with Crippen LogP contribution in [0.4, 0.5) is 5.82 Å². The van der Waals surface area contributed by atoms with Crippen LogP contribution in [0.1, 0.15) is 73.8 Å². The average molecular weight is 874 g/mol. The molecular formula is C47H52N7O8P. The highest BCUT2D eigenvalue weighted by atomic mass is 31.2. The highest BCUT2D eigenvalue weighted by Gasteiger charge is 2.48. The number of hydrogen-bond donors (Lipinski definition) is 1. The number of benzene rings is 4. The average Bonchev–Trinajstić information content (AvgIpc) is 3.91. The largest absolute Gasteiger partial charge is 0.497 e. The number of nitrogens with one attached hydrogen (secondary N) is 1. The van der Waals surface area contributed by atoms with Gasteiger partial charge in [0.15, 0.2) is 17.0 Å². The van der Waals surface area contributed by atoms with Crippen LogP contribution in [0.15, 0.2) is 122 Å². The summed E-state index contributed by atoms with van der Waals surface area (Å²) in [5, 5.41) is 12.3. The predicted molar refractivity (Wildman–Crippen MR) is 237 cm³/mol. The van der Waals surface area contributed by atoms with Crippen molar-refractivity contribution in [2.45, 2.75) is 76.7 Å². The van der Waals surface area contributed by atoms with Crippen LogP contribution in [0.3, 0.4) is 0 Å². The first-order chi connectivity index (χ1) is 30.5. The van der Waals surface area contributed by atoms with Gasteiger partial charge in [0.2, 0.25) is 0 Å². The molecule has 1 N–H and O–H groups in total. The van der Waals surface area contributed by atoms with E-state index in [-0.39, 0.29) is 49.9 Å². The summed E-state index contributed by atoms with van der Waals surface area (Å²) >= 11 is 0. The number of imidazole rings is 1. The van der Waals surface area contributed by atoms with Crippen LogP contribution in [0, 0.1) is 11.3 Å². The minimum absolute atomic E-state index is 0.0148. The second kappa shape index (κ2) is 20.0. The summed E-state index contributed by atoms with van der Waals surface area (Å²) in [7, 11) is -0.862. The lowest BCUT2D eigenvalue weighted by Gasteiger charge is -2.39. The Morgan fingerprint density at radius 3 is 2.03 bits per heavy atom. The van der Waals surface area contributed by atoms with Gasteiger partial charge in [0.25, 0.3) is 5.91 Å². The summed E-state index contributed by atoms with van der Waals surface area (Å²) in [5.74, 6) is 1.23. The van der Waals surface area contributed by atoms with Crippen LogP contribution in [0.2, 0.25) is 0 Å². The Morgan fingerprint density at radius 2 is 1.46 bits per heavy atom. The van der Waals surface area contributed by atoms with Crippen LogP contribution in [0.25, 0.3) is 11.2 Å². The van der Waals surface area contributed by atoms with Crippen LogP contribution >= 0.6 is 7.75 Å². The SMILES string of the molecule is COc1ccc(C(OC[C@H]2O[C@@H](n3cnc4c(NC(=O)c5ccccc5)ncnc43)C[C@@H]2OP(=O)(OCCC#N)N(C(C)C)C(C)C)(c2ccccc2)c2ccc(OC)cc2)cc1. The number of amides is 1. The van der Waals surface area contributed by atoms with E-state index in [9.17, 15) is 10.1 Å². The van der Waals surface area contributed by atoms with E-state index in [1.165, 1.54) is 6.33 Å². The lowest BCUT2D eigenvalue weighted by Crippen LogP contribution is -2.40. The molecule has 0 aliphatic carbocycles. The number of aromatic nitrogens is 4. The minimum Gasteiger partial charge on any atom is -0.497 e. The molecule has 1 aliphatic rings. The zero-order chi connectivity index (χ0) is 44.6. The molecule has 1 unspecified atom stereocenters. The number of ether oxygens (including phenoxy) is 4. The van der Waals surface area contributed by atoms with E-state index in [1.54, 1.807) is 54.0 Å². The number of carbonyl (C=O) groups is 1. The van der Waals surface area contributed by atoms with Gasteiger partial charge in [-0.2, -0.15) is 5.26 Å². The smallest absolute Gasteiger partial charge is 0.409 e. The second-order valence-electron chi connectivity index (χ2n) is 15.5. The number of hydrogen-bond acceptors (Lipinski definition) is 12. The van der Waals surface area contributed by atoms with Crippen molar-refractivity contribution in [2.24, 2.45) is 0 Å². The monoisotopic (exact) mass is 873 g/mol. The van der Waals surface area contributed by atoms with Gasteiger partial charge in [-0.25, -0.2) is 24.2 Å². The first-order valence-corrected chi connectivity index (χ1v) is 22.3. The molecular weight excluding hydrogens is 822 g/mol. The summed E-state index contributed by atoms with van der Waals surface area (Å²) in [5.41, 5.74) is 2.46. The fourth-order valence-electron chi connectivity index (χ4n) is 8.03. The third kappa shape index (κ3) is 9.67. The van der Waals surface area contributed by atoms with E-state index < -0.39 is 31.8 Å². The van der Waals surface area contributed by atoms with Gasteiger partial charge in [-0.1, -0.05) is 72.8 Å². The first kappa shape index (κ1) is 45.1. The van der Waals surface area contributed by atoms with Crippen LogP contribution < -0.4 is 14.8 Å². The molecule has 2 aromatic heterocycles. The lowest BCUT2D eigenvalue weighted by molar-refractivity contribution is -0.0925. The molecule has 6 aromatic rings. The van der Waals surface area contributed by atoms with Crippen molar-refractivity contribution in [3.05, 3.63) is 144 Å². The maximum Gasteiger partial charge on any atom is 0.409 e. The highest BCUT2D eigenvalue weighted by molar-refractivity contribution is 7.51. The molecule has 16 heteroatoms. The molecule has 1 fully saturated rings. The molecule has 0 spiro atoms. The quantitative estimate of drug-likeness (QED) is 0.0465. The molecule has 0 saturated carbocycles. The fraction of sp³-hybridized carbons (Fsp3) is 0.340. The molecule has 1 amide bonds. The van der Waals surface area contributed by atoms with Gasteiger partial charge in [0.05, 0.1) is 46.3 Å². The van der Waals surface area contributed by atoms with Crippen molar-refractivity contribution in [3.8, 4) is 17.6 Å². The summed E-state index contributed by atoms with van der Waals surface area (Å²) < 4.78 is 56.8. The van der Waals surface area contributed by atoms with E-state index in [0.717, 1.165) is 16.7 Å². The van der Waals surface area contributed by atoms with Crippen molar-refractivity contribution in [1.82, 2.24) is 24.2 Å². The lowest BCUT2D eigenvalue weighted by atomic mass is 9.80. The van der Waals surface area contributed by atoms with Gasteiger partial charge in [0.1, 0.15) is 41.9 Å². The van der Waals surface area contributed by atoms with Crippen molar-refractivity contribution in [2.75, 3.05) is 32.8 Å². The first-order valence-electron chi connectivity index (χ1n) is 20.8. The highest BCUT2D eigenvalue weighted by Crippen LogP contribution is 2.57. The number of anilines is 1. The molecule has 63 heavy (non-hydrogen) atoms.